The molecule has 0 fully saturated rings. The average Bonchev–Trinajstić information content (AvgIpc) is 3.24. The van der Waals surface area contributed by atoms with Crippen molar-refractivity contribution in [1.82, 2.24) is 0 Å². The molecule has 48 heavy (non-hydrogen) atoms. The largest absolute Gasteiger partial charge is 0.0636 e. The van der Waals surface area contributed by atoms with Crippen molar-refractivity contribution in [1.29, 1.82) is 0 Å². The van der Waals surface area contributed by atoms with E-state index in [2.05, 4.69) is 6.07 Å². The van der Waals surface area contributed by atoms with Gasteiger partial charge in [0.15, 0.2) is 0 Å². The van der Waals surface area contributed by atoms with Gasteiger partial charge in [-0.2, -0.15) is 0 Å². The smallest absolute Gasteiger partial charge is 0.0622 e. The van der Waals surface area contributed by atoms with Gasteiger partial charge in [0.05, 0.1) is 9.60 Å². The molecule has 0 heterocycles. The van der Waals surface area contributed by atoms with Crippen LogP contribution >= 0.6 is 0 Å². The Labute approximate surface area is 291 Å². The van der Waals surface area contributed by atoms with Crippen molar-refractivity contribution in [2.45, 2.75) is 0 Å². The highest BCUT2D eigenvalue weighted by Gasteiger charge is 2.19. The lowest BCUT2D eigenvalue weighted by atomic mass is 9.83. The van der Waals surface area contributed by atoms with E-state index < -0.39 is 0 Å². The zero-order chi connectivity index (χ0) is 38.0. The third-order valence-corrected chi connectivity index (χ3v) is 9.06. The number of rotatable bonds is 5. The summed E-state index contributed by atoms with van der Waals surface area (Å²) in [5, 5.41) is 2.93. The van der Waals surface area contributed by atoms with Crippen molar-refractivity contribution >= 4 is 32.3 Å². The van der Waals surface area contributed by atoms with E-state index in [4.69, 9.17) is 2.74 Å². The van der Waals surface area contributed by atoms with Crippen LogP contribution in [0, 0.1) is 0 Å². The third-order valence-electron chi connectivity index (χ3n) is 9.06. The van der Waals surface area contributed by atoms with Crippen molar-refractivity contribution in [2.75, 3.05) is 0 Å². The lowest BCUT2D eigenvalue weighted by Crippen LogP contribution is -1.93. The molecule has 0 unspecified atom stereocenters. The molecule has 0 spiro atoms. The monoisotopic (exact) mass is 615 g/mol. The lowest BCUT2D eigenvalue weighted by Gasteiger charge is -2.20. The number of benzene rings is 9. The van der Waals surface area contributed by atoms with Gasteiger partial charge in [-0.1, -0.05) is 170 Å². The van der Waals surface area contributed by atoms with Crippen LogP contribution in [0.4, 0.5) is 0 Å². The van der Waals surface area contributed by atoms with Gasteiger partial charge in [-0.25, -0.2) is 0 Å². The molecule has 0 atom stereocenters. The highest BCUT2D eigenvalue weighted by atomic mass is 14.2. The molecule has 224 valence electrons. The summed E-state index contributed by atoms with van der Waals surface area (Å²) in [6.45, 7) is 0. The lowest BCUT2D eigenvalue weighted by molar-refractivity contribution is 1.58. The van der Waals surface area contributed by atoms with Crippen LogP contribution in [0.15, 0.2) is 194 Å². The van der Waals surface area contributed by atoms with Crippen molar-refractivity contribution in [3.8, 4) is 55.6 Å². The number of hydrogen-bond donors (Lipinski definition) is 0. The first-order valence-corrected chi connectivity index (χ1v) is 16.0. The molecule has 0 aliphatic heterocycles. The van der Waals surface area contributed by atoms with Crippen LogP contribution in [-0.4, -0.2) is 0 Å². The van der Waals surface area contributed by atoms with Gasteiger partial charge in [0.25, 0.3) is 0 Å². The highest BCUT2D eigenvalue weighted by molar-refractivity contribution is 6.22. The minimum absolute atomic E-state index is 0.0141. The fraction of sp³-hybridized carbons (Fsp3) is 0. The van der Waals surface area contributed by atoms with E-state index in [0.29, 0.717) is 38.6 Å². The standard InChI is InChI=1S/C48H32/c1-4-15-33(16-5-1)38-29-39(34-17-6-2-7-18-34)31-40(30-38)48-44-25-13-12-24-43(44)47(36-20-8-3-9-21-36)45-28-27-37(32-46(45)48)42-26-14-22-35-19-10-11-23-41(35)42/h1-32H/i12D,13D,24D,25D,27D,28D,32D. The Morgan fingerprint density at radius 3 is 1.46 bits per heavy atom. The Bertz CT molecular complexity index is 2910. The highest BCUT2D eigenvalue weighted by Crippen LogP contribution is 2.46. The zero-order valence-corrected chi connectivity index (χ0v) is 25.9. The number of fused-ring (bicyclic) bond motifs is 3. The Hall–Kier alpha value is -6.24. The molecule has 0 bridgehead atoms. The maximum absolute atomic E-state index is 10.2. The summed E-state index contributed by atoms with van der Waals surface area (Å²) < 4.78 is 66.3. The summed E-state index contributed by atoms with van der Waals surface area (Å²) in [6, 6.07) is 47.4. The molecule has 0 amide bonds. The summed E-state index contributed by atoms with van der Waals surface area (Å²) >= 11 is 0. The molecular formula is C48H32. The van der Waals surface area contributed by atoms with Gasteiger partial charge < -0.3 is 0 Å². The Balaban J connectivity index is 1.57. The third kappa shape index (κ3) is 4.87. The van der Waals surface area contributed by atoms with Gasteiger partial charge in [-0.05, 0) is 112 Å². The second kappa shape index (κ2) is 11.8. The van der Waals surface area contributed by atoms with E-state index in [9.17, 15) is 6.85 Å². The second-order valence-electron chi connectivity index (χ2n) is 11.9. The van der Waals surface area contributed by atoms with Gasteiger partial charge in [0.2, 0.25) is 0 Å². The van der Waals surface area contributed by atoms with Crippen LogP contribution in [0.1, 0.15) is 9.60 Å². The summed E-state index contributed by atoms with van der Waals surface area (Å²) in [4.78, 5) is 0. The van der Waals surface area contributed by atoms with E-state index in [1.54, 1.807) is 0 Å². The molecule has 0 radical (unpaired) electrons. The molecule has 9 aromatic carbocycles. The van der Waals surface area contributed by atoms with E-state index in [1.165, 1.54) is 0 Å². The first-order valence-electron chi connectivity index (χ1n) is 19.5. The minimum atomic E-state index is -0.390. The van der Waals surface area contributed by atoms with Gasteiger partial charge in [-0.15, -0.1) is 0 Å². The van der Waals surface area contributed by atoms with E-state index in [-0.39, 0.29) is 58.6 Å². The first kappa shape index (κ1) is 21.5. The normalized spacial score (nSPS) is 13.4. The molecule has 9 rings (SSSR count). The van der Waals surface area contributed by atoms with Gasteiger partial charge >= 0.3 is 0 Å². The van der Waals surface area contributed by atoms with Gasteiger partial charge in [0, 0.05) is 0 Å². The van der Waals surface area contributed by atoms with Crippen LogP contribution in [0.5, 0.6) is 0 Å². The summed E-state index contributed by atoms with van der Waals surface area (Å²) in [6.07, 6.45) is 0. The molecule has 0 N–H and O–H groups in total. The fourth-order valence-corrected chi connectivity index (χ4v) is 6.85. The molecule has 0 aliphatic carbocycles. The molecule has 0 saturated heterocycles. The van der Waals surface area contributed by atoms with E-state index in [0.717, 1.165) is 33.0 Å². The predicted octanol–water partition coefficient (Wildman–Crippen LogP) is 13.5. The van der Waals surface area contributed by atoms with E-state index in [1.807, 2.05) is 146 Å². The molecule has 9 aromatic rings. The molecule has 0 heteroatoms. The first-order chi connectivity index (χ1) is 26.7. The van der Waals surface area contributed by atoms with Crippen LogP contribution < -0.4 is 0 Å². The van der Waals surface area contributed by atoms with Gasteiger partial charge in [0.1, 0.15) is 0 Å². The molecule has 0 aliphatic rings. The SMILES string of the molecule is [2H]c1c([2H])c([2H])c2c(-c3cc(-c4ccccc4)cc(-c4ccccc4)c3)c3c([2H])c(-c4cccc5ccccc45)c([2H])c([2H])c3c(-c3ccccc3)c2c1[2H]. The van der Waals surface area contributed by atoms with Crippen LogP contribution in [0.3, 0.4) is 0 Å². The van der Waals surface area contributed by atoms with Gasteiger partial charge in [-0.3, -0.25) is 0 Å². The van der Waals surface area contributed by atoms with Crippen LogP contribution in [-0.2, 0) is 0 Å². The van der Waals surface area contributed by atoms with Crippen molar-refractivity contribution in [3.05, 3.63) is 194 Å². The van der Waals surface area contributed by atoms with E-state index >= 15 is 0 Å². The minimum Gasteiger partial charge on any atom is -0.0622 e. The van der Waals surface area contributed by atoms with Crippen LogP contribution in [0.2, 0.25) is 0 Å². The average molecular weight is 616 g/mol. The number of hydrogen-bond acceptors (Lipinski definition) is 0. The Morgan fingerprint density at radius 2 is 0.812 bits per heavy atom. The van der Waals surface area contributed by atoms with Crippen molar-refractivity contribution < 1.29 is 9.60 Å². The predicted molar refractivity (Wildman–Crippen MR) is 206 cm³/mol. The summed E-state index contributed by atoms with van der Waals surface area (Å²) in [7, 11) is 0. The molecular weight excluding hydrogens is 577 g/mol. The Kier molecular flexibility index (Phi) is 5.31. The summed E-state index contributed by atoms with van der Waals surface area (Å²) in [5.74, 6) is 0. The van der Waals surface area contributed by atoms with Crippen LogP contribution in [0.25, 0.3) is 88.0 Å². The maximum Gasteiger partial charge on any atom is 0.0636 e. The summed E-state index contributed by atoms with van der Waals surface area (Å²) in [5.41, 5.74) is 6.70. The topological polar surface area (TPSA) is 0 Å². The quantitative estimate of drug-likeness (QED) is 0.169. The molecule has 0 saturated carbocycles. The Morgan fingerprint density at radius 1 is 0.312 bits per heavy atom. The fourth-order valence-electron chi connectivity index (χ4n) is 6.85. The second-order valence-corrected chi connectivity index (χ2v) is 11.9. The molecule has 0 nitrogen and oxygen atoms in total. The maximum atomic E-state index is 10.2. The van der Waals surface area contributed by atoms with Crippen molar-refractivity contribution in [2.24, 2.45) is 0 Å². The molecule has 0 aromatic heterocycles. The zero-order valence-electron chi connectivity index (χ0n) is 32.9. The van der Waals surface area contributed by atoms with Crippen molar-refractivity contribution in [3.63, 3.8) is 0 Å².